The molecule has 0 spiro atoms. The second-order valence-corrected chi connectivity index (χ2v) is 4.80. The molecule has 2 aliphatic heterocycles. The van der Waals surface area contributed by atoms with Gasteiger partial charge in [-0.25, -0.2) is 5.01 Å². The molecule has 0 fully saturated rings. The zero-order valence-corrected chi connectivity index (χ0v) is 10.3. The summed E-state index contributed by atoms with van der Waals surface area (Å²) in [5, 5.41) is 5.71. The molecule has 0 aliphatic carbocycles. The quantitative estimate of drug-likeness (QED) is 0.760. The van der Waals surface area contributed by atoms with Gasteiger partial charge in [0.2, 0.25) is 0 Å². The number of benzene rings is 1. The summed E-state index contributed by atoms with van der Waals surface area (Å²) in [6.45, 7) is 1.99. The summed E-state index contributed by atoms with van der Waals surface area (Å²) < 4.78 is 0. The van der Waals surface area contributed by atoms with E-state index in [2.05, 4.69) is 65.2 Å². The minimum absolute atomic E-state index is 0.396. The van der Waals surface area contributed by atoms with E-state index in [1.807, 2.05) is 0 Å². The molecule has 2 aliphatic rings. The van der Waals surface area contributed by atoms with Gasteiger partial charge in [0.1, 0.15) is 0 Å². The summed E-state index contributed by atoms with van der Waals surface area (Å²) in [4.78, 5) is 2.32. The molecular weight excluding hydrogens is 212 g/mol. The van der Waals surface area contributed by atoms with Gasteiger partial charge in [0.15, 0.2) is 0 Å². The van der Waals surface area contributed by atoms with Crippen molar-refractivity contribution in [2.45, 2.75) is 6.04 Å². The summed E-state index contributed by atoms with van der Waals surface area (Å²) in [5.74, 6) is 0. The molecule has 17 heavy (non-hydrogen) atoms. The first-order valence-corrected chi connectivity index (χ1v) is 5.97. The zero-order chi connectivity index (χ0) is 11.8. The van der Waals surface area contributed by atoms with Crippen LogP contribution < -0.4 is 15.6 Å². The lowest BCUT2D eigenvalue weighted by Gasteiger charge is -2.35. The number of likely N-dealkylation sites (N-methyl/N-ethyl adjacent to an activating group) is 2. The fourth-order valence-electron chi connectivity index (χ4n) is 2.51. The van der Waals surface area contributed by atoms with E-state index in [4.69, 9.17) is 0 Å². The minimum atomic E-state index is 0.396. The molecular formula is C13H18N4. The smallest absolute Gasteiger partial charge is 0.0680 e. The standard InChI is InChI=1S/C13H18N4/c1-16-9-12(10-7-14-17(2)8-10)15-11-5-3-4-6-13(11)16/h3-7,12,14-15H,8-9H2,1-2H3. The maximum Gasteiger partial charge on any atom is 0.0680 e. The van der Waals surface area contributed by atoms with Gasteiger partial charge >= 0.3 is 0 Å². The maximum absolute atomic E-state index is 3.61. The van der Waals surface area contributed by atoms with Crippen molar-refractivity contribution in [3.63, 3.8) is 0 Å². The summed E-state index contributed by atoms with van der Waals surface area (Å²) in [5.41, 5.74) is 7.13. The van der Waals surface area contributed by atoms with Crippen molar-refractivity contribution in [3.8, 4) is 0 Å². The Morgan fingerprint density at radius 1 is 1.24 bits per heavy atom. The highest BCUT2D eigenvalue weighted by Crippen LogP contribution is 2.31. The van der Waals surface area contributed by atoms with E-state index in [0.717, 1.165) is 13.1 Å². The lowest BCUT2D eigenvalue weighted by molar-refractivity contribution is 0.326. The Labute approximate surface area is 102 Å². The van der Waals surface area contributed by atoms with E-state index in [9.17, 15) is 0 Å². The van der Waals surface area contributed by atoms with Crippen molar-refractivity contribution >= 4 is 11.4 Å². The third kappa shape index (κ3) is 1.85. The van der Waals surface area contributed by atoms with Gasteiger partial charge in [-0.3, -0.25) is 0 Å². The first-order chi connectivity index (χ1) is 8.24. The van der Waals surface area contributed by atoms with Gasteiger partial charge in [0, 0.05) is 33.4 Å². The third-order valence-corrected chi connectivity index (χ3v) is 3.44. The van der Waals surface area contributed by atoms with E-state index < -0.39 is 0 Å². The Morgan fingerprint density at radius 2 is 2.06 bits per heavy atom. The van der Waals surface area contributed by atoms with Gasteiger partial charge in [0.25, 0.3) is 0 Å². The lowest BCUT2D eigenvalue weighted by Crippen LogP contribution is -2.41. The van der Waals surface area contributed by atoms with Crippen molar-refractivity contribution in [2.24, 2.45) is 0 Å². The molecule has 0 saturated heterocycles. The highest BCUT2D eigenvalue weighted by atomic mass is 15.5. The number of hydrogen-bond acceptors (Lipinski definition) is 4. The molecule has 4 nitrogen and oxygen atoms in total. The summed E-state index contributed by atoms with van der Waals surface area (Å²) in [6, 6.07) is 8.86. The first-order valence-electron chi connectivity index (χ1n) is 5.97. The molecule has 4 heteroatoms. The molecule has 1 atom stereocenters. The largest absolute Gasteiger partial charge is 0.375 e. The van der Waals surface area contributed by atoms with E-state index in [-0.39, 0.29) is 0 Å². The molecule has 2 N–H and O–H groups in total. The van der Waals surface area contributed by atoms with Crippen molar-refractivity contribution in [1.82, 2.24) is 10.4 Å². The predicted octanol–water partition coefficient (Wildman–Crippen LogP) is 1.25. The van der Waals surface area contributed by atoms with Crippen molar-refractivity contribution in [2.75, 3.05) is 37.4 Å². The predicted molar refractivity (Wildman–Crippen MR) is 71.0 cm³/mol. The van der Waals surface area contributed by atoms with Gasteiger partial charge in [-0.2, -0.15) is 0 Å². The highest BCUT2D eigenvalue weighted by molar-refractivity contribution is 5.73. The Balaban J connectivity index is 1.84. The first kappa shape index (κ1) is 10.5. The number of rotatable bonds is 1. The van der Waals surface area contributed by atoms with Crippen LogP contribution in [0.15, 0.2) is 36.0 Å². The van der Waals surface area contributed by atoms with Crippen LogP contribution in [0, 0.1) is 0 Å². The van der Waals surface area contributed by atoms with Crippen molar-refractivity contribution < 1.29 is 0 Å². The molecule has 1 unspecified atom stereocenters. The lowest BCUT2D eigenvalue weighted by atomic mass is 10.0. The van der Waals surface area contributed by atoms with Gasteiger partial charge in [-0.15, -0.1) is 0 Å². The van der Waals surface area contributed by atoms with Crippen LogP contribution in [0.3, 0.4) is 0 Å². The molecule has 0 radical (unpaired) electrons. The van der Waals surface area contributed by atoms with Crippen LogP contribution in [0.2, 0.25) is 0 Å². The molecule has 0 bridgehead atoms. The van der Waals surface area contributed by atoms with Crippen LogP contribution in [0.25, 0.3) is 0 Å². The number of anilines is 2. The molecule has 3 rings (SSSR count). The maximum atomic E-state index is 3.61. The van der Waals surface area contributed by atoms with Crippen LogP contribution in [-0.2, 0) is 0 Å². The summed E-state index contributed by atoms with van der Waals surface area (Å²) >= 11 is 0. The van der Waals surface area contributed by atoms with Gasteiger partial charge in [-0.1, -0.05) is 12.1 Å². The van der Waals surface area contributed by atoms with Crippen molar-refractivity contribution in [3.05, 3.63) is 36.0 Å². The van der Waals surface area contributed by atoms with E-state index in [1.165, 1.54) is 16.9 Å². The topological polar surface area (TPSA) is 30.5 Å². The van der Waals surface area contributed by atoms with E-state index in [0.29, 0.717) is 6.04 Å². The Morgan fingerprint density at radius 3 is 2.82 bits per heavy atom. The Bertz CT molecular complexity index is 454. The number of para-hydroxylation sites is 2. The van der Waals surface area contributed by atoms with Gasteiger partial charge < -0.3 is 15.6 Å². The number of nitrogens with zero attached hydrogens (tertiary/aromatic N) is 2. The van der Waals surface area contributed by atoms with Crippen LogP contribution in [0.1, 0.15) is 0 Å². The second-order valence-electron chi connectivity index (χ2n) is 4.80. The molecule has 2 heterocycles. The fraction of sp³-hybridized carbons (Fsp3) is 0.385. The van der Waals surface area contributed by atoms with Gasteiger partial charge in [0.05, 0.1) is 17.4 Å². The molecule has 1 aromatic carbocycles. The fourth-order valence-corrected chi connectivity index (χ4v) is 2.51. The average Bonchev–Trinajstić information content (AvgIpc) is 2.76. The Hall–Kier alpha value is -1.68. The normalized spacial score (nSPS) is 23.8. The Kier molecular flexibility index (Phi) is 2.44. The van der Waals surface area contributed by atoms with E-state index >= 15 is 0 Å². The third-order valence-electron chi connectivity index (χ3n) is 3.44. The van der Waals surface area contributed by atoms with Crippen LogP contribution >= 0.6 is 0 Å². The molecule has 0 amide bonds. The van der Waals surface area contributed by atoms with Crippen LogP contribution in [0.5, 0.6) is 0 Å². The van der Waals surface area contributed by atoms with Crippen molar-refractivity contribution in [1.29, 1.82) is 0 Å². The number of hydrogen-bond donors (Lipinski definition) is 2. The molecule has 1 aromatic rings. The highest BCUT2D eigenvalue weighted by Gasteiger charge is 2.26. The molecule has 0 saturated carbocycles. The molecule has 0 aromatic heterocycles. The minimum Gasteiger partial charge on any atom is -0.375 e. The average molecular weight is 230 g/mol. The zero-order valence-electron chi connectivity index (χ0n) is 10.3. The summed E-state index contributed by atoms with van der Waals surface area (Å²) in [6.07, 6.45) is 2.11. The van der Waals surface area contributed by atoms with Crippen LogP contribution in [-0.4, -0.2) is 38.2 Å². The van der Waals surface area contributed by atoms with Crippen LogP contribution in [0.4, 0.5) is 11.4 Å². The molecule has 90 valence electrons. The number of nitrogens with one attached hydrogen (secondary N) is 2. The number of hydrazine groups is 1. The van der Waals surface area contributed by atoms with E-state index in [1.54, 1.807) is 0 Å². The van der Waals surface area contributed by atoms with Gasteiger partial charge in [-0.05, 0) is 17.7 Å². The number of fused-ring (bicyclic) bond motifs is 1. The summed E-state index contributed by atoms with van der Waals surface area (Å²) in [7, 11) is 4.21. The monoisotopic (exact) mass is 230 g/mol. The second kappa shape index (κ2) is 3.96. The SMILES string of the molecule is CN1CC(C2CN(C)c3ccccc3N2)=CN1.